The van der Waals surface area contributed by atoms with E-state index in [1.54, 1.807) is 30.4 Å². The highest BCUT2D eigenvalue weighted by atomic mass is 35.5. The van der Waals surface area contributed by atoms with E-state index in [0.717, 1.165) is 48.2 Å². The molecule has 1 saturated carbocycles. The first kappa shape index (κ1) is 43.9. The number of halogens is 1. The molecule has 60 heavy (non-hydrogen) atoms. The largest absolute Gasteiger partial charge is 0.490 e. The minimum absolute atomic E-state index is 0.109. The van der Waals surface area contributed by atoms with Crippen LogP contribution >= 0.6 is 11.6 Å². The van der Waals surface area contributed by atoms with E-state index in [1.807, 2.05) is 42.5 Å². The number of anilines is 1. The number of nitrogens with one attached hydrogen (secondary N) is 1. The number of amides is 1. The van der Waals surface area contributed by atoms with Crippen molar-refractivity contribution < 1.29 is 27.5 Å². The Kier molecular flexibility index (Phi) is 13.2. The standard InChI is InChI=1S/C49H59ClN2O6SSi/c1-6-15-45(53)42-24-21-38(42)30-52-33-49(27-14-16-36-28-39(50)23-25-43(36)49)34-57-46-26-22-37(29-44(46)52)47(54)51-59(55,56)32-35(7-2)31-58-60(48(3,4)5,40-17-10-8-11-18-40)41-19-12-9-13-20-41/h6-13,17-20,22-23,25-26,28-29,35,38,42,45,53H,1-2,14-16,21,24,27,30-34H2,3-5H3,(H,51,54)/t35-,38-,42+,45-,49-/m0/s1. The summed E-state index contributed by atoms with van der Waals surface area (Å²) in [6.07, 6.45) is 8.23. The van der Waals surface area contributed by atoms with E-state index in [9.17, 15) is 18.3 Å². The van der Waals surface area contributed by atoms with Gasteiger partial charge in [-0.15, -0.1) is 13.2 Å². The van der Waals surface area contributed by atoms with E-state index >= 15 is 0 Å². The molecule has 1 heterocycles. The normalized spacial score (nSPS) is 21.3. The lowest BCUT2D eigenvalue weighted by Gasteiger charge is -2.45. The van der Waals surface area contributed by atoms with Gasteiger partial charge >= 0.3 is 0 Å². The highest BCUT2D eigenvalue weighted by molar-refractivity contribution is 7.90. The first-order chi connectivity index (χ1) is 28.7. The van der Waals surface area contributed by atoms with Crippen molar-refractivity contribution in [2.75, 3.05) is 37.0 Å². The third-order valence-electron chi connectivity index (χ3n) is 13.1. The van der Waals surface area contributed by atoms with Gasteiger partial charge < -0.3 is 19.2 Å². The zero-order valence-corrected chi connectivity index (χ0v) is 37.7. The number of benzene rings is 4. The molecule has 4 aromatic carbocycles. The number of carbonyl (C=O) groups is 1. The first-order valence-corrected chi connectivity index (χ1v) is 25.1. The van der Waals surface area contributed by atoms with Crippen molar-refractivity contribution >= 4 is 51.9 Å². The number of hydrogen-bond acceptors (Lipinski definition) is 7. The van der Waals surface area contributed by atoms with Gasteiger partial charge in [0.05, 0.1) is 24.2 Å². The summed E-state index contributed by atoms with van der Waals surface area (Å²) in [5.41, 5.74) is 3.09. The van der Waals surface area contributed by atoms with Gasteiger partial charge in [-0.25, -0.2) is 13.1 Å². The number of fused-ring (bicyclic) bond motifs is 3. The molecule has 0 saturated heterocycles. The summed E-state index contributed by atoms with van der Waals surface area (Å²) in [5, 5.41) is 13.6. The van der Waals surface area contributed by atoms with Gasteiger partial charge in [0.15, 0.2) is 0 Å². The van der Waals surface area contributed by atoms with E-state index in [4.69, 9.17) is 20.8 Å². The number of aliphatic hydroxyl groups excluding tert-OH is 1. The molecule has 1 fully saturated rings. The van der Waals surface area contributed by atoms with Gasteiger partial charge in [0.1, 0.15) is 5.75 Å². The molecule has 318 valence electrons. The molecule has 8 nitrogen and oxygen atoms in total. The molecule has 1 amide bonds. The van der Waals surface area contributed by atoms with Crippen molar-refractivity contribution in [3.05, 3.63) is 144 Å². The van der Waals surface area contributed by atoms with Crippen LogP contribution in [0.4, 0.5) is 5.69 Å². The Balaban J connectivity index is 1.13. The molecule has 1 spiro atoms. The Bertz CT molecular complexity index is 2240. The highest BCUT2D eigenvalue weighted by Gasteiger charge is 2.50. The Morgan fingerprint density at radius 2 is 1.73 bits per heavy atom. The maximum absolute atomic E-state index is 14.0. The van der Waals surface area contributed by atoms with Crippen molar-refractivity contribution in [2.24, 2.45) is 17.8 Å². The van der Waals surface area contributed by atoms with Gasteiger partial charge in [0, 0.05) is 41.6 Å². The summed E-state index contributed by atoms with van der Waals surface area (Å²) < 4.78 is 43.7. The summed E-state index contributed by atoms with van der Waals surface area (Å²) >= 11 is 6.47. The Hall–Kier alpha value is -4.19. The Morgan fingerprint density at radius 3 is 2.35 bits per heavy atom. The van der Waals surface area contributed by atoms with E-state index in [0.29, 0.717) is 36.9 Å². The Labute approximate surface area is 362 Å². The number of nitrogens with zero attached hydrogens (tertiary/aromatic N) is 1. The third kappa shape index (κ3) is 9.04. The summed E-state index contributed by atoms with van der Waals surface area (Å²) in [7, 11) is -7.08. The highest BCUT2D eigenvalue weighted by Crippen LogP contribution is 2.47. The van der Waals surface area contributed by atoms with Crippen molar-refractivity contribution in [1.82, 2.24) is 4.72 Å². The van der Waals surface area contributed by atoms with E-state index in [-0.39, 0.29) is 40.2 Å². The topological polar surface area (TPSA) is 105 Å². The second-order valence-electron chi connectivity index (χ2n) is 18.1. The average molecular weight is 868 g/mol. The average Bonchev–Trinajstić information content (AvgIpc) is 3.36. The lowest BCUT2D eigenvalue weighted by molar-refractivity contribution is 0.0178. The molecule has 2 aliphatic carbocycles. The quantitative estimate of drug-likeness (QED) is 0.0918. The van der Waals surface area contributed by atoms with E-state index in [1.165, 1.54) is 11.1 Å². The van der Waals surface area contributed by atoms with E-state index < -0.39 is 36.3 Å². The summed E-state index contributed by atoms with van der Waals surface area (Å²) in [6, 6.07) is 31.7. The van der Waals surface area contributed by atoms with Crippen molar-refractivity contribution in [3.8, 4) is 5.75 Å². The molecule has 1 aliphatic heterocycles. The maximum atomic E-state index is 14.0. The number of ether oxygens (including phenoxy) is 1. The molecule has 0 unspecified atom stereocenters. The smallest absolute Gasteiger partial charge is 0.264 e. The number of aliphatic hydroxyl groups is 1. The molecule has 5 atom stereocenters. The van der Waals surface area contributed by atoms with Gasteiger partial charge in [-0.3, -0.25) is 4.79 Å². The van der Waals surface area contributed by atoms with Crippen molar-refractivity contribution in [1.29, 1.82) is 0 Å². The monoisotopic (exact) mass is 866 g/mol. The zero-order valence-electron chi connectivity index (χ0n) is 35.1. The van der Waals surface area contributed by atoms with Gasteiger partial charge in [-0.05, 0) is 107 Å². The van der Waals surface area contributed by atoms with Gasteiger partial charge in [0.2, 0.25) is 10.0 Å². The van der Waals surface area contributed by atoms with Crippen LogP contribution in [0.3, 0.4) is 0 Å². The predicted molar refractivity (Wildman–Crippen MR) is 246 cm³/mol. The second-order valence-corrected chi connectivity index (χ2v) is 24.6. The summed E-state index contributed by atoms with van der Waals surface area (Å²) in [5.74, 6) is -0.669. The first-order valence-electron chi connectivity index (χ1n) is 21.2. The van der Waals surface area contributed by atoms with Gasteiger partial charge in [-0.1, -0.05) is 111 Å². The molecular weight excluding hydrogens is 808 g/mol. The molecule has 2 N–H and O–H groups in total. The van der Waals surface area contributed by atoms with Crippen LogP contribution in [0.25, 0.3) is 0 Å². The molecule has 4 aromatic rings. The minimum atomic E-state index is -4.14. The number of rotatable bonds is 15. The number of hydrogen-bond donors (Lipinski definition) is 2. The van der Waals surface area contributed by atoms with Crippen LogP contribution in [0.2, 0.25) is 10.1 Å². The predicted octanol–water partition coefficient (Wildman–Crippen LogP) is 8.21. The fourth-order valence-corrected chi connectivity index (χ4v) is 16.0. The number of aryl methyl sites for hydroxylation is 1. The van der Waals surface area contributed by atoms with Crippen LogP contribution in [0.1, 0.15) is 74.4 Å². The SMILES string of the molecule is C=CC[C@H](O)[C@@H]1CC[C@H]1CN1C[C@@]2(CCCc3cc(Cl)ccc32)COc2ccc(C(=O)NS(=O)(=O)C[C@@H](C=C)CO[Si](c3ccccc3)(c3ccccc3)C(C)(C)C)cc21. The number of sulfonamides is 1. The fraction of sp³-hybridized carbons (Fsp3) is 0.408. The number of carbonyl (C=O) groups excluding carboxylic acids is 1. The fourth-order valence-electron chi connectivity index (χ4n) is 9.91. The van der Waals surface area contributed by atoms with Crippen LogP contribution in [0.15, 0.2) is 122 Å². The van der Waals surface area contributed by atoms with Crippen LogP contribution in [-0.2, 0) is 26.3 Å². The molecule has 11 heteroatoms. The van der Waals surface area contributed by atoms with Gasteiger partial charge in [0.25, 0.3) is 14.2 Å². The second kappa shape index (κ2) is 18.0. The molecule has 0 aromatic heterocycles. The molecule has 0 bridgehead atoms. The van der Waals surface area contributed by atoms with Crippen LogP contribution in [-0.4, -0.2) is 65.9 Å². The summed E-state index contributed by atoms with van der Waals surface area (Å²) in [4.78, 5) is 16.3. The molecule has 3 aliphatic rings. The molecule has 0 radical (unpaired) electrons. The Morgan fingerprint density at radius 1 is 1.03 bits per heavy atom. The van der Waals surface area contributed by atoms with Crippen LogP contribution in [0.5, 0.6) is 5.75 Å². The lowest BCUT2D eigenvalue weighted by Crippen LogP contribution is -2.67. The lowest BCUT2D eigenvalue weighted by atomic mass is 9.68. The van der Waals surface area contributed by atoms with Crippen LogP contribution in [0, 0.1) is 17.8 Å². The minimum Gasteiger partial charge on any atom is -0.490 e. The van der Waals surface area contributed by atoms with E-state index in [2.05, 4.69) is 79.9 Å². The maximum Gasteiger partial charge on any atom is 0.264 e. The van der Waals surface area contributed by atoms with Gasteiger partial charge in [-0.2, -0.15) is 0 Å². The molecule has 7 rings (SSSR count). The summed E-state index contributed by atoms with van der Waals surface area (Å²) in [6.45, 7) is 16.2. The molecular formula is C49H59ClN2O6SSi. The van der Waals surface area contributed by atoms with Crippen molar-refractivity contribution in [3.63, 3.8) is 0 Å². The van der Waals surface area contributed by atoms with Crippen LogP contribution < -0.4 is 24.7 Å². The third-order valence-corrected chi connectivity index (χ3v) is 19.7. The zero-order chi connectivity index (χ0) is 42.7. The van der Waals surface area contributed by atoms with Crippen molar-refractivity contribution in [2.45, 2.75) is 75.9 Å².